The molecule has 0 bridgehead atoms. The van der Waals surface area contributed by atoms with Crippen molar-refractivity contribution in [3.8, 4) is 5.75 Å². The molecule has 0 aliphatic carbocycles. The Balaban J connectivity index is 0.00000338. The summed E-state index contributed by atoms with van der Waals surface area (Å²) in [5.41, 5.74) is 0. The Morgan fingerprint density at radius 1 is 1.19 bits per heavy atom. The van der Waals surface area contributed by atoms with Crippen molar-refractivity contribution in [3.05, 3.63) is 18.2 Å². The van der Waals surface area contributed by atoms with Gasteiger partial charge < -0.3 is 10.1 Å². The van der Waals surface area contributed by atoms with Gasteiger partial charge in [0.1, 0.15) is 10.6 Å². The lowest BCUT2D eigenvalue weighted by Gasteiger charge is -2.31. The Hall–Kier alpha value is -0.870. The largest absolute Gasteiger partial charge is 0.495 e. The molecule has 0 unspecified atom stereocenters. The van der Waals surface area contributed by atoms with Gasteiger partial charge in [-0.25, -0.2) is 16.8 Å². The molecule has 7 nitrogen and oxygen atoms in total. The van der Waals surface area contributed by atoms with E-state index in [2.05, 4.69) is 5.32 Å². The van der Waals surface area contributed by atoms with Gasteiger partial charge in [0.15, 0.2) is 9.84 Å². The molecule has 0 amide bonds. The third-order valence-corrected chi connectivity index (χ3v) is 7.59. The first-order valence-electron chi connectivity index (χ1n) is 8.23. The monoisotopic (exact) mass is 426 g/mol. The molecular weight excluding hydrogens is 400 g/mol. The standard InChI is InChI=1S/C16H26N2O5S2.ClH/c1-17-9-6-13-7-10-18(11-8-13)25(21,22)16-12-14(24(3,19)20)4-5-15(16)23-2;/h4-5,12-13,17H,6-11H2,1-3H3;1H. The number of halogens is 1. The lowest BCUT2D eigenvalue weighted by molar-refractivity contribution is 0.262. The molecule has 1 aromatic carbocycles. The zero-order chi connectivity index (χ0) is 18.7. The third kappa shape index (κ3) is 5.32. The van der Waals surface area contributed by atoms with Crippen LogP contribution in [0.4, 0.5) is 0 Å². The predicted molar refractivity (Wildman–Crippen MR) is 103 cm³/mol. The molecule has 1 N–H and O–H groups in total. The number of ether oxygens (including phenoxy) is 1. The summed E-state index contributed by atoms with van der Waals surface area (Å²) in [5, 5.41) is 3.11. The van der Waals surface area contributed by atoms with Crippen molar-refractivity contribution in [1.29, 1.82) is 0 Å². The molecule has 1 heterocycles. The molecule has 0 saturated carbocycles. The Kier molecular flexibility index (Phi) is 8.34. The second-order valence-electron chi connectivity index (χ2n) is 6.32. The molecule has 0 radical (unpaired) electrons. The molecule has 1 aromatic rings. The molecule has 1 aliphatic rings. The first kappa shape index (κ1) is 23.2. The quantitative estimate of drug-likeness (QED) is 0.710. The van der Waals surface area contributed by atoms with Crippen molar-refractivity contribution in [2.75, 3.05) is 40.0 Å². The van der Waals surface area contributed by atoms with Crippen LogP contribution in [-0.2, 0) is 19.9 Å². The second-order valence-corrected chi connectivity index (χ2v) is 10.2. The van der Waals surface area contributed by atoms with Gasteiger partial charge in [0.2, 0.25) is 10.0 Å². The Labute approximate surface area is 162 Å². The zero-order valence-corrected chi connectivity index (χ0v) is 17.7. The van der Waals surface area contributed by atoms with Gasteiger partial charge in [-0.05, 0) is 57.0 Å². The van der Waals surface area contributed by atoms with E-state index in [4.69, 9.17) is 4.74 Å². The number of rotatable bonds is 7. The van der Waals surface area contributed by atoms with Crippen molar-refractivity contribution < 1.29 is 21.6 Å². The minimum absolute atomic E-state index is 0. The summed E-state index contributed by atoms with van der Waals surface area (Å²) in [6.45, 7) is 1.79. The molecular formula is C16H27ClN2O5S2. The maximum atomic E-state index is 13.0. The van der Waals surface area contributed by atoms with Crippen LogP contribution in [0.2, 0.25) is 0 Å². The van der Waals surface area contributed by atoms with Crippen molar-refractivity contribution in [3.63, 3.8) is 0 Å². The van der Waals surface area contributed by atoms with Gasteiger partial charge in [-0.2, -0.15) is 4.31 Å². The maximum absolute atomic E-state index is 13.0. The van der Waals surface area contributed by atoms with E-state index in [0.717, 1.165) is 32.1 Å². The number of nitrogens with zero attached hydrogens (tertiary/aromatic N) is 1. The molecule has 1 fully saturated rings. The van der Waals surface area contributed by atoms with E-state index >= 15 is 0 Å². The normalized spacial score (nSPS) is 16.9. The summed E-state index contributed by atoms with van der Waals surface area (Å²) in [7, 11) is -4.03. The van der Waals surface area contributed by atoms with Gasteiger partial charge in [-0.1, -0.05) is 0 Å². The van der Waals surface area contributed by atoms with Gasteiger partial charge in [-0.15, -0.1) is 12.4 Å². The number of piperidine rings is 1. The van der Waals surface area contributed by atoms with Crippen LogP contribution in [0, 0.1) is 5.92 Å². The highest BCUT2D eigenvalue weighted by Crippen LogP contribution is 2.32. The van der Waals surface area contributed by atoms with Crippen LogP contribution in [0.25, 0.3) is 0 Å². The molecule has 0 spiro atoms. The highest BCUT2D eigenvalue weighted by molar-refractivity contribution is 7.91. The fraction of sp³-hybridized carbons (Fsp3) is 0.625. The minimum Gasteiger partial charge on any atom is -0.495 e. The third-order valence-electron chi connectivity index (χ3n) is 4.56. The topological polar surface area (TPSA) is 92.8 Å². The Morgan fingerprint density at radius 2 is 1.81 bits per heavy atom. The van der Waals surface area contributed by atoms with Crippen LogP contribution in [0.1, 0.15) is 19.3 Å². The summed E-state index contributed by atoms with van der Waals surface area (Å²) in [6, 6.07) is 3.94. The fourth-order valence-corrected chi connectivity index (χ4v) is 5.39. The van der Waals surface area contributed by atoms with E-state index in [9.17, 15) is 16.8 Å². The van der Waals surface area contributed by atoms with E-state index in [1.807, 2.05) is 7.05 Å². The predicted octanol–water partition coefficient (Wildman–Crippen LogP) is 1.53. The van der Waals surface area contributed by atoms with Gasteiger partial charge in [0.05, 0.1) is 12.0 Å². The summed E-state index contributed by atoms with van der Waals surface area (Å²) < 4.78 is 56.1. The van der Waals surface area contributed by atoms with E-state index in [1.165, 1.54) is 29.6 Å². The number of hydrogen-bond acceptors (Lipinski definition) is 6. The van der Waals surface area contributed by atoms with Crippen molar-refractivity contribution >= 4 is 32.3 Å². The Morgan fingerprint density at radius 3 is 2.31 bits per heavy atom. The first-order valence-corrected chi connectivity index (χ1v) is 11.6. The van der Waals surface area contributed by atoms with Crippen molar-refractivity contribution in [2.45, 2.75) is 29.1 Å². The lowest BCUT2D eigenvalue weighted by Crippen LogP contribution is -2.39. The summed E-state index contributed by atoms with van der Waals surface area (Å²) >= 11 is 0. The lowest BCUT2D eigenvalue weighted by atomic mass is 9.95. The van der Waals surface area contributed by atoms with Crippen molar-refractivity contribution in [2.24, 2.45) is 5.92 Å². The molecule has 0 atom stereocenters. The van der Waals surface area contributed by atoms with Crippen LogP contribution >= 0.6 is 12.4 Å². The van der Waals surface area contributed by atoms with Crippen LogP contribution < -0.4 is 10.1 Å². The fourth-order valence-electron chi connectivity index (χ4n) is 3.02. The molecule has 0 aromatic heterocycles. The zero-order valence-electron chi connectivity index (χ0n) is 15.3. The summed E-state index contributed by atoms with van der Waals surface area (Å²) in [4.78, 5) is -0.123. The SMILES string of the molecule is CNCCC1CCN(S(=O)(=O)c2cc(S(C)(=O)=O)ccc2OC)CC1.Cl. The van der Waals surface area contributed by atoms with Crippen LogP contribution in [-0.4, -0.2) is 61.2 Å². The van der Waals surface area contributed by atoms with E-state index < -0.39 is 19.9 Å². The molecule has 150 valence electrons. The number of methoxy groups -OCH3 is 1. The van der Waals surface area contributed by atoms with E-state index in [-0.39, 0.29) is 27.9 Å². The van der Waals surface area contributed by atoms with Gasteiger partial charge in [-0.3, -0.25) is 0 Å². The van der Waals surface area contributed by atoms with E-state index in [1.54, 1.807) is 0 Å². The summed E-state index contributed by atoms with van der Waals surface area (Å²) in [5.74, 6) is 0.660. The number of hydrogen-bond donors (Lipinski definition) is 1. The highest BCUT2D eigenvalue weighted by atomic mass is 35.5. The minimum atomic E-state index is -3.80. The molecule has 1 aliphatic heterocycles. The number of benzene rings is 1. The molecule has 10 heteroatoms. The first-order chi connectivity index (χ1) is 11.7. The van der Waals surface area contributed by atoms with Gasteiger partial charge in [0.25, 0.3) is 0 Å². The van der Waals surface area contributed by atoms with Crippen LogP contribution in [0.3, 0.4) is 0 Å². The van der Waals surface area contributed by atoms with Crippen LogP contribution in [0.5, 0.6) is 5.75 Å². The smallest absolute Gasteiger partial charge is 0.246 e. The molecule has 2 rings (SSSR count). The average molecular weight is 427 g/mol. The van der Waals surface area contributed by atoms with Crippen LogP contribution in [0.15, 0.2) is 28.0 Å². The van der Waals surface area contributed by atoms with E-state index in [0.29, 0.717) is 19.0 Å². The average Bonchev–Trinajstić information content (AvgIpc) is 2.59. The van der Waals surface area contributed by atoms with Crippen molar-refractivity contribution in [1.82, 2.24) is 9.62 Å². The molecule has 1 saturated heterocycles. The van der Waals surface area contributed by atoms with Gasteiger partial charge >= 0.3 is 0 Å². The Bertz CT molecular complexity index is 804. The number of sulfonamides is 1. The number of nitrogens with one attached hydrogen (secondary N) is 1. The molecule has 26 heavy (non-hydrogen) atoms. The van der Waals surface area contributed by atoms with Gasteiger partial charge in [0, 0.05) is 19.3 Å². The second kappa shape index (κ2) is 9.36. The summed E-state index contributed by atoms with van der Waals surface area (Å²) in [6.07, 6.45) is 3.68. The number of sulfone groups is 1. The highest BCUT2D eigenvalue weighted by Gasteiger charge is 2.32. The maximum Gasteiger partial charge on any atom is 0.246 e.